The van der Waals surface area contributed by atoms with Crippen LogP contribution < -0.4 is 4.90 Å². The van der Waals surface area contributed by atoms with Crippen LogP contribution in [0.1, 0.15) is 11.8 Å². The molecule has 0 fully saturated rings. The minimum Gasteiger partial charge on any atom is -0.302 e. The lowest BCUT2D eigenvalue weighted by Gasteiger charge is -2.23. The maximum atomic E-state index is 9.09. The van der Waals surface area contributed by atoms with Crippen molar-refractivity contribution in [1.29, 1.82) is 10.5 Å². The van der Waals surface area contributed by atoms with Crippen LogP contribution in [0.4, 0.5) is 16.4 Å². The molecule has 0 aliphatic carbocycles. The van der Waals surface area contributed by atoms with E-state index in [0.717, 1.165) is 21.3 Å². The van der Waals surface area contributed by atoms with Crippen LogP contribution in [0.3, 0.4) is 0 Å². The lowest BCUT2D eigenvalue weighted by molar-refractivity contribution is 1.32. The summed E-state index contributed by atoms with van der Waals surface area (Å²) < 4.78 is 0. The van der Waals surface area contributed by atoms with Crippen molar-refractivity contribution >= 4 is 33.3 Å². The molecular formula is C21H15N3S. The molecule has 0 atom stereocenters. The van der Waals surface area contributed by atoms with Gasteiger partial charge in [0, 0.05) is 16.3 Å². The highest BCUT2D eigenvalue weighted by Crippen LogP contribution is 2.40. The van der Waals surface area contributed by atoms with E-state index in [1.165, 1.54) is 0 Å². The van der Waals surface area contributed by atoms with Crippen molar-refractivity contribution in [3.63, 3.8) is 0 Å². The first kappa shape index (κ1) is 16.5. The van der Waals surface area contributed by atoms with Crippen LogP contribution in [-0.4, -0.2) is 0 Å². The van der Waals surface area contributed by atoms with E-state index < -0.39 is 0 Å². The molecule has 3 rings (SSSR count). The largest absolute Gasteiger partial charge is 0.302 e. The maximum Gasteiger partial charge on any atom is 0.133 e. The molecule has 3 aromatic rings. The molecule has 0 radical (unpaired) electrons. The Balaban J connectivity index is 2.10. The lowest BCUT2D eigenvalue weighted by atomic mass is 10.1. The van der Waals surface area contributed by atoms with Crippen LogP contribution in [0.25, 0.3) is 5.57 Å². The molecule has 0 N–H and O–H groups in total. The van der Waals surface area contributed by atoms with E-state index in [-0.39, 0.29) is 5.57 Å². The van der Waals surface area contributed by atoms with E-state index >= 15 is 0 Å². The van der Waals surface area contributed by atoms with Crippen molar-refractivity contribution in [2.24, 2.45) is 0 Å². The highest BCUT2D eigenvalue weighted by Gasteiger charge is 2.15. The van der Waals surface area contributed by atoms with Crippen LogP contribution >= 0.6 is 11.3 Å². The second-order valence-electron chi connectivity index (χ2n) is 5.37. The zero-order valence-corrected chi connectivity index (χ0v) is 14.5. The molecule has 4 heteroatoms. The predicted molar refractivity (Wildman–Crippen MR) is 103 cm³/mol. The Labute approximate surface area is 151 Å². The lowest BCUT2D eigenvalue weighted by Crippen LogP contribution is -2.07. The number of thiophene rings is 1. The summed E-state index contributed by atoms with van der Waals surface area (Å²) >= 11 is 1.56. The molecule has 3 nitrogen and oxygen atoms in total. The molecule has 0 amide bonds. The van der Waals surface area contributed by atoms with E-state index in [9.17, 15) is 0 Å². The predicted octanol–water partition coefficient (Wildman–Crippen LogP) is 6.04. The summed E-state index contributed by atoms with van der Waals surface area (Å²) in [4.78, 5) is 3.09. The Morgan fingerprint density at radius 3 is 1.80 bits per heavy atom. The third kappa shape index (κ3) is 3.45. The standard InChI is InChI=1S/C21H15N3S/c1-16(17(14-22)15-23)20-12-13-21(25-20)24(18-8-4-2-5-9-18)19-10-6-3-7-11-19/h2-13H,1H3. The maximum absolute atomic E-state index is 9.09. The summed E-state index contributed by atoms with van der Waals surface area (Å²) in [5.74, 6) is 0. The van der Waals surface area contributed by atoms with Crippen molar-refractivity contribution in [3.8, 4) is 12.1 Å². The Hall–Kier alpha value is -3.34. The van der Waals surface area contributed by atoms with Crippen LogP contribution in [0, 0.1) is 22.7 Å². The third-order valence-electron chi connectivity index (χ3n) is 3.81. The summed E-state index contributed by atoms with van der Waals surface area (Å²) in [5.41, 5.74) is 2.98. The van der Waals surface area contributed by atoms with Gasteiger partial charge in [0.05, 0.1) is 0 Å². The van der Waals surface area contributed by atoms with Gasteiger partial charge in [0.15, 0.2) is 0 Å². The molecule has 1 heterocycles. The Morgan fingerprint density at radius 2 is 1.32 bits per heavy atom. The monoisotopic (exact) mass is 341 g/mol. The Kier molecular flexibility index (Phi) is 4.95. The molecule has 0 unspecified atom stereocenters. The average Bonchev–Trinajstić information content (AvgIpc) is 3.14. The van der Waals surface area contributed by atoms with Gasteiger partial charge in [-0.15, -0.1) is 11.3 Å². The van der Waals surface area contributed by atoms with Crippen LogP contribution in [-0.2, 0) is 0 Å². The van der Waals surface area contributed by atoms with Crippen molar-refractivity contribution in [2.45, 2.75) is 6.92 Å². The van der Waals surface area contributed by atoms with Gasteiger partial charge in [-0.2, -0.15) is 10.5 Å². The SMILES string of the molecule is CC(=C(C#N)C#N)c1ccc(N(c2ccccc2)c2ccccc2)s1. The molecule has 120 valence electrons. The fourth-order valence-corrected chi connectivity index (χ4v) is 3.58. The highest BCUT2D eigenvalue weighted by molar-refractivity contribution is 7.17. The number of nitriles is 2. The van der Waals surface area contributed by atoms with Crippen LogP contribution in [0.5, 0.6) is 0 Å². The number of benzene rings is 2. The number of hydrogen-bond donors (Lipinski definition) is 0. The minimum absolute atomic E-state index is 0.152. The van der Waals surface area contributed by atoms with Gasteiger partial charge in [0.25, 0.3) is 0 Å². The van der Waals surface area contributed by atoms with Gasteiger partial charge in [-0.05, 0) is 48.9 Å². The van der Waals surface area contributed by atoms with E-state index in [1.54, 1.807) is 11.3 Å². The quantitative estimate of drug-likeness (QED) is 0.544. The van der Waals surface area contributed by atoms with Crippen molar-refractivity contribution < 1.29 is 0 Å². The van der Waals surface area contributed by atoms with Crippen LogP contribution in [0.15, 0.2) is 78.4 Å². The first-order chi connectivity index (χ1) is 12.2. The van der Waals surface area contributed by atoms with Gasteiger partial charge >= 0.3 is 0 Å². The molecule has 0 saturated heterocycles. The minimum atomic E-state index is 0.152. The van der Waals surface area contributed by atoms with Gasteiger partial charge in [-0.1, -0.05) is 36.4 Å². The third-order valence-corrected chi connectivity index (χ3v) is 5.00. The second kappa shape index (κ2) is 7.49. The molecule has 0 aliphatic heterocycles. The van der Waals surface area contributed by atoms with E-state index in [0.29, 0.717) is 5.57 Å². The number of para-hydroxylation sites is 2. The summed E-state index contributed by atoms with van der Waals surface area (Å²) in [6.45, 7) is 1.81. The summed E-state index contributed by atoms with van der Waals surface area (Å²) in [7, 11) is 0. The Bertz CT molecular complexity index is 918. The zero-order chi connectivity index (χ0) is 17.6. The normalized spacial score (nSPS) is 9.72. The first-order valence-corrected chi connectivity index (χ1v) is 8.57. The van der Waals surface area contributed by atoms with Gasteiger partial charge in [-0.25, -0.2) is 0 Å². The number of rotatable bonds is 4. The molecule has 0 saturated carbocycles. The fourth-order valence-electron chi connectivity index (χ4n) is 2.52. The number of allylic oxidation sites excluding steroid dienone is 2. The van der Waals surface area contributed by atoms with Crippen LogP contribution in [0.2, 0.25) is 0 Å². The Morgan fingerprint density at radius 1 is 0.800 bits per heavy atom. The van der Waals surface area contributed by atoms with Gasteiger partial charge in [0.1, 0.15) is 22.7 Å². The average molecular weight is 341 g/mol. The molecular weight excluding hydrogens is 326 g/mol. The smallest absolute Gasteiger partial charge is 0.133 e. The number of hydrogen-bond acceptors (Lipinski definition) is 4. The molecule has 25 heavy (non-hydrogen) atoms. The summed E-state index contributed by atoms with van der Waals surface area (Å²) in [6.07, 6.45) is 0. The molecule has 1 aromatic heterocycles. The van der Waals surface area contributed by atoms with Gasteiger partial charge in [-0.3, -0.25) is 0 Å². The second-order valence-corrected chi connectivity index (χ2v) is 6.43. The highest BCUT2D eigenvalue weighted by atomic mass is 32.1. The molecule has 0 aliphatic rings. The van der Waals surface area contributed by atoms with Gasteiger partial charge in [0.2, 0.25) is 0 Å². The van der Waals surface area contributed by atoms with Gasteiger partial charge < -0.3 is 4.90 Å². The zero-order valence-electron chi connectivity index (χ0n) is 13.7. The van der Waals surface area contributed by atoms with Crippen molar-refractivity contribution in [1.82, 2.24) is 0 Å². The van der Waals surface area contributed by atoms with E-state index in [4.69, 9.17) is 10.5 Å². The molecule has 2 aromatic carbocycles. The number of nitrogens with zero attached hydrogens (tertiary/aromatic N) is 3. The van der Waals surface area contributed by atoms with Crippen molar-refractivity contribution in [2.75, 3.05) is 4.90 Å². The fraction of sp³-hybridized carbons (Fsp3) is 0.0476. The first-order valence-electron chi connectivity index (χ1n) is 7.76. The summed E-state index contributed by atoms with van der Waals surface area (Å²) in [5, 5.41) is 19.2. The topological polar surface area (TPSA) is 50.8 Å². The number of anilines is 3. The van der Waals surface area contributed by atoms with E-state index in [1.807, 2.05) is 67.6 Å². The summed E-state index contributed by atoms with van der Waals surface area (Å²) in [6, 6.07) is 28.2. The molecule has 0 bridgehead atoms. The van der Waals surface area contributed by atoms with E-state index in [2.05, 4.69) is 29.2 Å². The van der Waals surface area contributed by atoms with Crippen molar-refractivity contribution in [3.05, 3.63) is 83.2 Å². The molecule has 0 spiro atoms.